The molecule has 0 radical (unpaired) electrons. The normalized spacial score (nSPS) is 9.78. The summed E-state index contributed by atoms with van der Waals surface area (Å²) in [7, 11) is 1.84. The quantitative estimate of drug-likeness (QED) is 0.868. The number of hydrogen-bond donors (Lipinski definition) is 2. The standard InChI is InChI=1S/C13H19BrN2O.ClH/c1-9-6-11(14)7-10(2)12(9)8-16-13(17)4-5-15-3;/h6-7,15H,4-5,8H2,1-3H3,(H,16,17);1H. The minimum Gasteiger partial charge on any atom is -0.352 e. The van der Waals surface area contributed by atoms with Crippen LogP contribution >= 0.6 is 28.3 Å². The van der Waals surface area contributed by atoms with Gasteiger partial charge in [0.15, 0.2) is 0 Å². The maximum absolute atomic E-state index is 11.5. The second-order valence-electron chi connectivity index (χ2n) is 4.15. The number of carbonyl (C=O) groups is 1. The van der Waals surface area contributed by atoms with Gasteiger partial charge >= 0.3 is 0 Å². The van der Waals surface area contributed by atoms with Crippen molar-refractivity contribution in [3.05, 3.63) is 33.3 Å². The first-order chi connectivity index (χ1) is 8.04. The fraction of sp³-hybridized carbons (Fsp3) is 0.462. The van der Waals surface area contributed by atoms with Gasteiger partial charge in [-0.15, -0.1) is 12.4 Å². The van der Waals surface area contributed by atoms with Crippen molar-refractivity contribution in [2.24, 2.45) is 0 Å². The Labute approximate surface area is 123 Å². The summed E-state index contributed by atoms with van der Waals surface area (Å²) in [6, 6.07) is 4.14. The molecule has 1 rings (SSSR count). The Kier molecular flexibility index (Phi) is 8.24. The zero-order valence-corrected chi connectivity index (χ0v) is 13.4. The zero-order valence-electron chi connectivity index (χ0n) is 11.0. The summed E-state index contributed by atoms with van der Waals surface area (Å²) in [6.07, 6.45) is 0.519. The van der Waals surface area contributed by atoms with Gasteiger partial charge in [0.05, 0.1) is 0 Å². The third-order valence-corrected chi connectivity index (χ3v) is 3.18. The summed E-state index contributed by atoms with van der Waals surface area (Å²) in [4.78, 5) is 11.5. The molecule has 18 heavy (non-hydrogen) atoms. The highest BCUT2D eigenvalue weighted by atomic mass is 79.9. The minimum absolute atomic E-state index is 0. The smallest absolute Gasteiger partial charge is 0.221 e. The summed E-state index contributed by atoms with van der Waals surface area (Å²) in [6.45, 7) is 5.44. The summed E-state index contributed by atoms with van der Waals surface area (Å²) < 4.78 is 1.08. The fourth-order valence-corrected chi connectivity index (χ4v) is 2.42. The van der Waals surface area contributed by atoms with Gasteiger partial charge in [0.25, 0.3) is 0 Å². The van der Waals surface area contributed by atoms with Crippen molar-refractivity contribution in [2.75, 3.05) is 13.6 Å². The maximum Gasteiger partial charge on any atom is 0.221 e. The van der Waals surface area contributed by atoms with Crippen LogP contribution in [0.5, 0.6) is 0 Å². The molecule has 0 aliphatic rings. The molecule has 0 saturated heterocycles. The van der Waals surface area contributed by atoms with Crippen molar-refractivity contribution in [1.29, 1.82) is 0 Å². The van der Waals surface area contributed by atoms with Crippen molar-refractivity contribution < 1.29 is 4.79 Å². The molecule has 0 bridgehead atoms. The van der Waals surface area contributed by atoms with Gasteiger partial charge in [-0.1, -0.05) is 15.9 Å². The van der Waals surface area contributed by atoms with Crippen LogP contribution in [-0.2, 0) is 11.3 Å². The molecule has 0 atom stereocenters. The molecule has 2 N–H and O–H groups in total. The highest BCUT2D eigenvalue weighted by molar-refractivity contribution is 9.10. The summed E-state index contributed by atoms with van der Waals surface area (Å²) in [5.41, 5.74) is 3.60. The molecule has 0 saturated carbocycles. The highest BCUT2D eigenvalue weighted by Crippen LogP contribution is 2.20. The molecule has 1 aromatic rings. The Morgan fingerprint density at radius 2 is 1.83 bits per heavy atom. The lowest BCUT2D eigenvalue weighted by atomic mass is 10.0. The van der Waals surface area contributed by atoms with Crippen LogP contribution in [0.1, 0.15) is 23.1 Å². The largest absolute Gasteiger partial charge is 0.352 e. The lowest BCUT2D eigenvalue weighted by Crippen LogP contribution is -2.26. The molecular formula is C13H20BrClN2O. The molecule has 3 nitrogen and oxygen atoms in total. The molecule has 1 amide bonds. The van der Waals surface area contributed by atoms with Crippen LogP contribution in [0.4, 0.5) is 0 Å². The zero-order chi connectivity index (χ0) is 12.8. The van der Waals surface area contributed by atoms with Gasteiger partial charge in [0.1, 0.15) is 0 Å². The summed E-state index contributed by atoms with van der Waals surface area (Å²) in [5, 5.41) is 5.90. The van der Waals surface area contributed by atoms with Gasteiger partial charge in [-0.2, -0.15) is 0 Å². The molecule has 1 aromatic carbocycles. The van der Waals surface area contributed by atoms with E-state index in [1.54, 1.807) is 0 Å². The Balaban J connectivity index is 0.00000289. The first kappa shape index (κ1) is 17.4. The molecule has 0 heterocycles. The van der Waals surface area contributed by atoms with Crippen LogP contribution in [0.15, 0.2) is 16.6 Å². The van der Waals surface area contributed by atoms with E-state index in [0.29, 0.717) is 19.5 Å². The molecular weight excluding hydrogens is 316 g/mol. The minimum atomic E-state index is 0. The van der Waals surface area contributed by atoms with Crippen LogP contribution in [-0.4, -0.2) is 19.5 Å². The lowest BCUT2D eigenvalue weighted by Gasteiger charge is -2.12. The van der Waals surface area contributed by atoms with Gasteiger partial charge in [-0.25, -0.2) is 0 Å². The molecule has 0 fully saturated rings. The van der Waals surface area contributed by atoms with E-state index in [1.165, 1.54) is 16.7 Å². The Hall–Kier alpha value is -0.580. The van der Waals surface area contributed by atoms with Gasteiger partial charge in [-0.3, -0.25) is 4.79 Å². The van der Waals surface area contributed by atoms with Crippen molar-refractivity contribution in [1.82, 2.24) is 10.6 Å². The average Bonchev–Trinajstić information content (AvgIpc) is 2.24. The van der Waals surface area contributed by atoms with Crippen molar-refractivity contribution >= 4 is 34.2 Å². The van der Waals surface area contributed by atoms with E-state index in [1.807, 2.05) is 7.05 Å². The molecule has 0 aliphatic carbocycles. The van der Waals surface area contributed by atoms with E-state index >= 15 is 0 Å². The van der Waals surface area contributed by atoms with Crippen LogP contribution < -0.4 is 10.6 Å². The van der Waals surface area contributed by atoms with Crippen molar-refractivity contribution in [2.45, 2.75) is 26.8 Å². The number of carbonyl (C=O) groups excluding carboxylic acids is 1. The highest BCUT2D eigenvalue weighted by Gasteiger charge is 2.06. The van der Waals surface area contributed by atoms with Crippen LogP contribution in [0.2, 0.25) is 0 Å². The monoisotopic (exact) mass is 334 g/mol. The lowest BCUT2D eigenvalue weighted by molar-refractivity contribution is -0.121. The SMILES string of the molecule is CNCCC(=O)NCc1c(C)cc(Br)cc1C.Cl. The predicted molar refractivity (Wildman–Crippen MR) is 81.3 cm³/mol. The number of nitrogens with one attached hydrogen (secondary N) is 2. The molecule has 0 aromatic heterocycles. The third kappa shape index (κ3) is 5.38. The third-order valence-electron chi connectivity index (χ3n) is 2.73. The summed E-state index contributed by atoms with van der Waals surface area (Å²) >= 11 is 3.47. The van der Waals surface area contributed by atoms with Crippen LogP contribution in [0.25, 0.3) is 0 Å². The number of rotatable bonds is 5. The number of amides is 1. The van der Waals surface area contributed by atoms with E-state index in [9.17, 15) is 4.79 Å². The number of hydrogen-bond acceptors (Lipinski definition) is 2. The van der Waals surface area contributed by atoms with Gasteiger partial charge < -0.3 is 10.6 Å². The average molecular weight is 336 g/mol. The van der Waals surface area contributed by atoms with E-state index in [-0.39, 0.29) is 18.3 Å². The Morgan fingerprint density at radius 3 is 2.33 bits per heavy atom. The second-order valence-corrected chi connectivity index (χ2v) is 5.06. The Bertz CT molecular complexity index is 387. The van der Waals surface area contributed by atoms with Gasteiger partial charge in [0, 0.05) is 24.0 Å². The first-order valence-corrected chi connectivity index (χ1v) is 6.51. The molecule has 0 spiro atoms. The first-order valence-electron chi connectivity index (χ1n) is 5.71. The topological polar surface area (TPSA) is 41.1 Å². The number of benzene rings is 1. The fourth-order valence-electron chi connectivity index (χ4n) is 1.73. The van der Waals surface area contributed by atoms with Gasteiger partial charge in [0.2, 0.25) is 5.91 Å². The predicted octanol–water partition coefficient (Wildman–Crippen LogP) is 2.71. The van der Waals surface area contributed by atoms with Crippen molar-refractivity contribution in [3.63, 3.8) is 0 Å². The molecule has 102 valence electrons. The molecule has 5 heteroatoms. The van der Waals surface area contributed by atoms with Crippen molar-refractivity contribution in [3.8, 4) is 0 Å². The second kappa shape index (κ2) is 8.51. The number of halogens is 2. The van der Waals surface area contributed by atoms with E-state index in [0.717, 1.165) is 4.47 Å². The Morgan fingerprint density at radius 1 is 1.28 bits per heavy atom. The summed E-state index contributed by atoms with van der Waals surface area (Å²) in [5.74, 6) is 0.0843. The van der Waals surface area contributed by atoms with Gasteiger partial charge in [-0.05, 0) is 49.7 Å². The number of aryl methyl sites for hydroxylation is 2. The van der Waals surface area contributed by atoms with E-state index < -0.39 is 0 Å². The molecule has 0 aliphatic heterocycles. The maximum atomic E-state index is 11.5. The van der Waals surface area contributed by atoms with Crippen LogP contribution in [0.3, 0.4) is 0 Å². The molecule has 0 unspecified atom stereocenters. The van der Waals surface area contributed by atoms with Crippen LogP contribution in [0, 0.1) is 13.8 Å². The van der Waals surface area contributed by atoms with E-state index in [4.69, 9.17) is 0 Å². The van der Waals surface area contributed by atoms with E-state index in [2.05, 4.69) is 52.5 Å².